The molecule has 1 aliphatic carbocycles. The summed E-state index contributed by atoms with van der Waals surface area (Å²) in [6, 6.07) is 4.50. The van der Waals surface area contributed by atoms with Gasteiger partial charge in [-0.3, -0.25) is 4.79 Å². The van der Waals surface area contributed by atoms with Crippen molar-refractivity contribution in [1.82, 2.24) is 0 Å². The van der Waals surface area contributed by atoms with Gasteiger partial charge in [-0.1, -0.05) is 19.3 Å². The van der Waals surface area contributed by atoms with Gasteiger partial charge in [0.05, 0.1) is 10.0 Å². The van der Waals surface area contributed by atoms with Crippen LogP contribution < -0.4 is 11.1 Å². The maximum Gasteiger partial charge on any atom is 0.244 e. The van der Waals surface area contributed by atoms with Crippen molar-refractivity contribution in [3.63, 3.8) is 0 Å². The molecule has 0 aromatic heterocycles. The van der Waals surface area contributed by atoms with Crippen molar-refractivity contribution in [2.45, 2.75) is 37.6 Å². The molecule has 0 atom stereocenters. The van der Waals surface area contributed by atoms with Gasteiger partial charge in [-0.25, -0.2) is 4.39 Å². The van der Waals surface area contributed by atoms with Gasteiger partial charge in [0.15, 0.2) is 0 Å². The Balaban J connectivity index is 0.00000180. The molecule has 1 aliphatic rings. The van der Waals surface area contributed by atoms with Crippen molar-refractivity contribution < 1.29 is 9.18 Å². The highest BCUT2D eigenvalue weighted by Gasteiger charge is 2.35. The Kier molecular flexibility index (Phi) is 5.77. The molecule has 1 aromatic rings. The van der Waals surface area contributed by atoms with Crippen molar-refractivity contribution in [3.05, 3.63) is 28.5 Å². The minimum atomic E-state index is -0.804. The summed E-state index contributed by atoms with van der Waals surface area (Å²) in [7, 11) is 0. The first-order chi connectivity index (χ1) is 8.51. The van der Waals surface area contributed by atoms with Crippen LogP contribution in [-0.4, -0.2) is 11.4 Å². The SMILES string of the molecule is Cl.NC1(C(=O)Nc2ccc(Br)c(F)c2)CCCCC1. The first-order valence-electron chi connectivity index (χ1n) is 6.07. The molecular formula is C13H17BrClFN2O. The van der Waals surface area contributed by atoms with Gasteiger partial charge in [-0.2, -0.15) is 0 Å². The molecule has 0 unspecified atom stereocenters. The Labute approximate surface area is 126 Å². The normalized spacial score (nSPS) is 17.4. The predicted octanol–water partition coefficient (Wildman–Crippen LogP) is 3.61. The van der Waals surface area contributed by atoms with Crippen LogP contribution in [-0.2, 0) is 4.79 Å². The summed E-state index contributed by atoms with van der Waals surface area (Å²) in [5, 5.41) is 2.70. The molecule has 1 fully saturated rings. The van der Waals surface area contributed by atoms with E-state index in [0.29, 0.717) is 23.0 Å². The van der Waals surface area contributed by atoms with Crippen LogP contribution in [0.4, 0.5) is 10.1 Å². The van der Waals surface area contributed by atoms with E-state index in [0.717, 1.165) is 19.3 Å². The number of hydrogen-bond acceptors (Lipinski definition) is 2. The van der Waals surface area contributed by atoms with Crippen LogP contribution in [0.2, 0.25) is 0 Å². The highest BCUT2D eigenvalue weighted by molar-refractivity contribution is 9.10. The van der Waals surface area contributed by atoms with Crippen LogP contribution in [0.15, 0.2) is 22.7 Å². The van der Waals surface area contributed by atoms with Crippen LogP contribution in [0, 0.1) is 5.82 Å². The maximum atomic E-state index is 13.3. The fourth-order valence-corrected chi connectivity index (χ4v) is 2.49. The number of nitrogens with two attached hydrogens (primary N) is 1. The minimum absolute atomic E-state index is 0. The second kappa shape index (κ2) is 6.68. The second-order valence-corrected chi connectivity index (χ2v) is 5.65. The molecule has 3 N–H and O–H groups in total. The van der Waals surface area contributed by atoms with Gasteiger partial charge in [-0.15, -0.1) is 12.4 Å². The lowest BCUT2D eigenvalue weighted by atomic mass is 9.82. The number of nitrogens with one attached hydrogen (secondary N) is 1. The summed E-state index contributed by atoms with van der Waals surface area (Å²) in [5.74, 6) is -0.619. The topological polar surface area (TPSA) is 55.1 Å². The van der Waals surface area contributed by atoms with E-state index in [9.17, 15) is 9.18 Å². The fourth-order valence-electron chi connectivity index (χ4n) is 2.24. The van der Waals surface area contributed by atoms with Gasteiger partial charge in [0.25, 0.3) is 0 Å². The largest absolute Gasteiger partial charge is 0.324 e. The zero-order valence-electron chi connectivity index (χ0n) is 10.4. The first-order valence-corrected chi connectivity index (χ1v) is 6.86. The number of benzene rings is 1. The third kappa shape index (κ3) is 3.91. The number of carbonyl (C=O) groups excluding carboxylic acids is 1. The average Bonchev–Trinajstić information content (AvgIpc) is 2.35. The number of hydrogen-bond donors (Lipinski definition) is 2. The highest BCUT2D eigenvalue weighted by atomic mass is 79.9. The van der Waals surface area contributed by atoms with Crippen molar-refractivity contribution in [3.8, 4) is 0 Å². The number of halogens is 3. The van der Waals surface area contributed by atoms with Crippen LogP contribution in [0.3, 0.4) is 0 Å². The van der Waals surface area contributed by atoms with Gasteiger partial charge in [0, 0.05) is 5.69 Å². The van der Waals surface area contributed by atoms with Gasteiger partial charge in [-0.05, 0) is 47.0 Å². The van der Waals surface area contributed by atoms with Crippen LogP contribution >= 0.6 is 28.3 Å². The molecule has 0 heterocycles. The lowest BCUT2D eigenvalue weighted by Crippen LogP contribution is -2.52. The molecule has 0 bridgehead atoms. The fraction of sp³-hybridized carbons (Fsp3) is 0.462. The molecule has 6 heteroatoms. The standard InChI is InChI=1S/C13H16BrFN2O.ClH/c14-10-5-4-9(8-11(10)15)17-12(18)13(16)6-2-1-3-7-13;/h4-5,8H,1-3,6-7,16H2,(H,17,18);1H. The van der Waals surface area contributed by atoms with E-state index >= 15 is 0 Å². The van der Waals surface area contributed by atoms with Crippen LogP contribution in [0.5, 0.6) is 0 Å². The summed E-state index contributed by atoms with van der Waals surface area (Å²) in [5.41, 5.74) is 5.74. The molecule has 1 aromatic carbocycles. The van der Waals surface area contributed by atoms with Crippen molar-refractivity contribution in [2.75, 3.05) is 5.32 Å². The van der Waals surface area contributed by atoms with E-state index in [1.54, 1.807) is 12.1 Å². The van der Waals surface area contributed by atoms with E-state index in [1.807, 2.05) is 0 Å². The lowest BCUT2D eigenvalue weighted by molar-refractivity contribution is -0.122. The summed E-state index contributed by atoms with van der Waals surface area (Å²) >= 11 is 3.07. The Bertz CT molecular complexity index is 464. The zero-order valence-corrected chi connectivity index (χ0v) is 12.8. The van der Waals surface area contributed by atoms with Gasteiger partial charge >= 0.3 is 0 Å². The van der Waals surface area contributed by atoms with Crippen molar-refractivity contribution in [1.29, 1.82) is 0 Å². The molecule has 106 valence electrons. The molecule has 1 amide bonds. The van der Waals surface area contributed by atoms with Gasteiger partial charge in [0.1, 0.15) is 5.82 Å². The maximum absolute atomic E-state index is 13.3. The first kappa shape index (κ1) is 16.4. The molecule has 0 aliphatic heterocycles. The molecule has 2 rings (SSSR count). The van der Waals surface area contributed by atoms with Gasteiger partial charge < -0.3 is 11.1 Å². The Hall–Kier alpha value is -0.650. The Morgan fingerprint density at radius 1 is 1.32 bits per heavy atom. The Morgan fingerprint density at radius 2 is 1.95 bits per heavy atom. The van der Waals surface area contributed by atoms with E-state index in [1.165, 1.54) is 6.07 Å². The van der Waals surface area contributed by atoms with Crippen molar-refractivity contribution in [2.24, 2.45) is 5.73 Å². The van der Waals surface area contributed by atoms with Gasteiger partial charge in [0.2, 0.25) is 5.91 Å². The van der Waals surface area contributed by atoms with E-state index in [4.69, 9.17) is 5.73 Å². The summed E-state index contributed by atoms with van der Waals surface area (Å²) in [6.07, 6.45) is 4.45. The molecule has 3 nitrogen and oxygen atoms in total. The molecule has 0 spiro atoms. The third-order valence-electron chi connectivity index (χ3n) is 3.38. The number of carbonyl (C=O) groups is 1. The molecule has 0 saturated heterocycles. The molecule has 0 radical (unpaired) electrons. The zero-order chi connectivity index (χ0) is 13.2. The van der Waals surface area contributed by atoms with Crippen molar-refractivity contribution >= 4 is 39.9 Å². The second-order valence-electron chi connectivity index (χ2n) is 4.80. The summed E-state index contributed by atoms with van der Waals surface area (Å²) in [6.45, 7) is 0. The number of anilines is 1. The van der Waals surface area contributed by atoms with E-state index < -0.39 is 11.4 Å². The quantitative estimate of drug-likeness (QED) is 0.855. The van der Waals surface area contributed by atoms with Crippen LogP contribution in [0.25, 0.3) is 0 Å². The highest BCUT2D eigenvalue weighted by Crippen LogP contribution is 2.27. The smallest absolute Gasteiger partial charge is 0.244 e. The van der Waals surface area contributed by atoms with E-state index in [2.05, 4.69) is 21.2 Å². The lowest BCUT2D eigenvalue weighted by Gasteiger charge is -2.31. The predicted molar refractivity (Wildman–Crippen MR) is 80.0 cm³/mol. The molecule has 1 saturated carbocycles. The monoisotopic (exact) mass is 350 g/mol. The van der Waals surface area contributed by atoms with E-state index in [-0.39, 0.29) is 18.3 Å². The summed E-state index contributed by atoms with van der Waals surface area (Å²) in [4.78, 5) is 12.1. The third-order valence-corrected chi connectivity index (χ3v) is 4.02. The number of amides is 1. The molecule has 19 heavy (non-hydrogen) atoms. The molecular weight excluding hydrogens is 335 g/mol. The summed E-state index contributed by atoms with van der Waals surface area (Å²) < 4.78 is 13.7. The average molecular weight is 352 g/mol. The number of rotatable bonds is 2. The minimum Gasteiger partial charge on any atom is -0.324 e. The van der Waals surface area contributed by atoms with Crippen LogP contribution in [0.1, 0.15) is 32.1 Å². The Morgan fingerprint density at radius 3 is 2.53 bits per heavy atom.